The van der Waals surface area contributed by atoms with Gasteiger partial charge in [0.05, 0.1) is 11.6 Å². The number of aromatic nitrogens is 1. The fourth-order valence-corrected chi connectivity index (χ4v) is 1.92. The van der Waals surface area contributed by atoms with E-state index in [4.69, 9.17) is 5.26 Å². The number of H-pyrrole nitrogens is 1. The lowest BCUT2D eigenvalue weighted by Crippen LogP contribution is -1.72. The lowest BCUT2D eigenvalue weighted by Gasteiger charge is -1.91. The van der Waals surface area contributed by atoms with Crippen LogP contribution in [0.4, 0.5) is 0 Å². The van der Waals surface area contributed by atoms with Crippen LogP contribution in [0.5, 0.6) is 0 Å². The van der Waals surface area contributed by atoms with Gasteiger partial charge in [0.1, 0.15) is 0 Å². The Hall–Kier alpha value is -2.27. The maximum Gasteiger partial charge on any atom is 0.0991 e. The summed E-state index contributed by atoms with van der Waals surface area (Å²) >= 11 is 0. The van der Waals surface area contributed by atoms with Gasteiger partial charge in [0.25, 0.3) is 0 Å². The van der Waals surface area contributed by atoms with Gasteiger partial charge in [-0.05, 0) is 24.3 Å². The molecule has 0 saturated carbocycles. The maximum atomic E-state index is 8.85. The summed E-state index contributed by atoms with van der Waals surface area (Å²) in [5.41, 5.74) is 2.89. The van der Waals surface area contributed by atoms with Crippen molar-refractivity contribution in [3.05, 3.63) is 48.0 Å². The zero-order valence-electron chi connectivity index (χ0n) is 7.99. The second-order valence-electron chi connectivity index (χ2n) is 3.54. The second kappa shape index (κ2) is 2.86. The summed E-state index contributed by atoms with van der Waals surface area (Å²) in [7, 11) is 0. The van der Waals surface area contributed by atoms with E-state index in [1.54, 1.807) is 0 Å². The van der Waals surface area contributed by atoms with E-state index in [1.807, 2.05) is 36.4 Å². The van der Waals surface area contributed by atoms with E-state index in [0.717, 1.165) is 16.4 Å². The highest BCUT2D eigenvalue weighted by molar-refractivity contribution is 6.07. The largest absolute Gasteiger partial charge is 0.355 e. The molecule has 1 N–H and O–H groups in total. The lowest BCUT2D eigenvalue weighted by molar-refractivity contribution is 1.49. The van der Waals surface area contributed by atoms with Crippen molar-refractivity contribution in [2.75, 3.05) is 0 Å². The van der Waals surface area contributed by atoms with Crippen LogP contribution < -0.4 is 0 Å². The normalized spacial score (nSPS) is 10.6. The number of nitriles is 1. The minimum Gasteiger partial charge on any atom is -0.355 e. The highest BCUT2D eigenvalue weighted by Gasteiger charge is 2.03. The molecule has 3 rings (SSSR count). The molecule has 1 aromatic heterocycles. The summed E-state index contributed by atoms with van der Waals surface area (Å²) in [5.74, 6) is 0. The van der Waals surface area contributed by atoms with Crippen molar-refractivity contribution >= 4 is 21.8 Å². The molecule has 70 valence electrons. The van der Waals surface area contributed by atoms with Gasteiger partial charge in [-0.25, -0.2) is 0 Å². The lowest BCUT2D eigenvalue weighted by atomic mass is 10.1. The number of nitrogens with one attached hydrogen (secondary N) is 1. The number of rotatable bonds is 0. The molecule has 0 amide bonds. The van der Waals surface area contributed by atoms with Gasteiger partial charge in [0.15, 0.2) is 0 Å². The number of fused-ring (bicyclic) bond motifs is 3. The Labute approximate surface area is 86.8 Å². The zero-order valence-corrected chi connectivity index (χ0v) is 7.99. The van der Waals surface area contributed by atoms with Crippen LogP contribution in [-0.2, 0) is 0 Å². The van der Waals surface area contributed by atoms with Crippen LogP contribution in [0.1, 0.15) is 5.56 Å². The van der Waals surface area contributed by atoms with Gasteiger partial charge in [-0.2, -0.15) is 5.26 Å². The third kappa shape index (κ3) is 1.10. The van der Waals surface area contributed by atoms with Gasteiger partial charge in [-0.1, -0.05) is 18.2 Å². The van der Waals surface area contributed by atoms with Crippen LogP contribution in [-0.4, -0.2) is 4.98 Å². The molecule has 2 heteroatoms. The molecule has 0 fully saturated rings. The molecule has 1 heterocycles. The molecule has 0 atom stereocenters. The fraction of sp³-hybridized carbons (Fsp3) is 0. The van der Waals surface area contributed by atoms with E-state index in [9.17, 15) is 0 Å². The van der Waals surface area contributed by atoms with Crippen molar-refractivity contribution in [1.29, 1.82) is 5.26 Å². The Morgan fingerprint density at radius 3 is 2.60 bits per heavy atom. The Balaban J connectivity index is 2.53. The minimum atomic E-state index is 0.701. The van der Waals surface area contributed by atoms with Crippen molar-refractivity contribution in [1.82, 2.24) is 4.98 Å². The average Bonchev–Trinajstić information content (AvgIpc) is 2.66. The van der Waals surface area contributed by atoms with E-state index in [2.05, 4.69) is 17.1 Å². The molecule has 0 aliphatic heterocycles. The van der Waals surface area contributed by atoms with Gasteiger partial charge in [-0.15, -0.1) is 0 Å². The number of para-hydroxylation sites is 1. The highest BCUT2D eigenvalue weighted by Crippen LogP contribution is 2.25. The first-order valence-corrected chi connectivity index (χ1v) is 4.79. The van der Waals surface area contributed by atoms with Crippen molar-refractivity contribution < 1.29 is 0 Å². The van der Waals surface area contributed by atoms with E-state index >= 15 is 0 Å². The maximum absolute atomic E-state index is 8.85. The first kappa shape index (κ1) is 8.07. The molecule has 0 aliphatic rings. The van der Waals surface area contributed by atoms with E-state index < -0.39 is 0 Å². The molecule has 15 heavy (non-hydrogen) atoms. The number of hydrogen-bond acceptors (Lipinski definition) is 1. The van der Waals surface area contributed by atoms with E-state index in [1.165, 1.54) is 5.39 Å². The van der Waals surface area contributed by atoms with Crippen molar-refractivity contribution in [3.8, 4) is 6.07 Å². The Bertz CT molecular complexity index is 686. The van der Waals surface area contributed by atoms with Crippen LogP contribution in [0.25, 0.3) is 21.8 Å². The summed E-state index contributed by atoms with van der Waals surface area (Å²) < 4.78 is 0. The molecule has 3 aromatic rings. The molecule has 2 aromatic carbocycles. The van der Waals surface area contributed by atoms with Gasteiger partial charge in [-0.3, -0.25) is 0 Å². The third-order valence-electron chi connectivity index (χ3n) is 2.64. The van der Waals surface area contributed by atoms with Gasteiger partial charge < -0.3 is 4.98 Å². The molecule has 2 nitrogen and oxygen atoms in total. The average molecular weight is 192 g/mol. The fourth-order valence-electron chi connectivity index (χ4n) is 1.92. The smallest absolute Gasteiger partial charge is 0.0991 e. The molecular weight excluding hydrogens is 184 g/mol. The van der Waals surface area contributed by atoms with Crippen molar-refractivity contribution in [3.63, 3.8) is 0 Å². The monoisotopic (exact) mass is 192 g/mol. The highest BCUT2D eigenvalue weighted by atomic mass is 14.7. The molecule has 0 radical (unpaired) electrons. The summed E-state index contributed by atoms with van der Waals surface area (Å²) in [6.07, 6.45) is 0. The third-order valence-corrected chi connectivity index (χ3v) is 2.64. The molecule has 0 unspecified atom stereocenters. The quantitative estimate of drug-likeness (QED) is 0.583. The summed E-state index contributed by atoms with van der Waals surface area (Å²) in [5, 5.41) is 11.1. The van der Waals surface area contributed by atoms with Crippen LogP contribution in [0.15, 0.2) is 42.5 Å². The Morgan fingerprint density at radius 1 is 0.933 bits per heavy atom. The summed E-state index contributed by atoms with van der Waals surface area (Å²) in [6, 6.07) is 16.0. The first-order chi connectivity index (χ1) is 7.38. The van der Waals surface area contributed by atoms with Crippen molar-refractivity contribution in [2.24, 2.45) is 0 Å². The predicted molar refractivity (Wildman–Crippen MR) is 60.5 cm³/mol. The molecular formula is C13H8N2. The van der Waals surface area contributed by atoms with Crippen LogP contribution in [0.3, 0.4) is 0 Å². The molecule has 0 aliphatic carbocycles. The van der Waals surface area contributed by atoms with E-state index in [-0.39, 0.29) is 0 Å². The predicted octanol–water partition coefficient (Wildman–Crippen LogP) is 3.19. The number of nitrogens with zero attached hydrogens (tertiary/aromatic N) is 1. The zero-order chi connectivity index (χ0) is 10.3. The SMILES string of the molecule is N#Cc1ccc2[nH]c3ccccc3c2c1. The summed E-state index contributed by atoms with van der Waals surface area (Å²) in [6.45, 7) is 0. The standard InChI is InChI=1S/C13H8N2/c14-8-9-5-6-13-11(7-9)10-3-1-2-4-12(10)15-13/h1-7,15H. The van der Waals surface area contributed by atoms with Crippen LogP contribution >= 0.6 is 0 Å². The second-order valence-corrected chi connectivity index (χ2v) is 3.54. The molecule has 0 bridgehead atoms. The number of aromatic amines is 1. The van der Waals surface area contributed by atoms with Gasteiger partial charge in [0.2, 0.25) is 0 Å². The Kier molecular flexibility index (Phi) is 1.54. The van der Waals surface area contributed by atoms with Gasteiger partial charge in [0, 0.05) is 21.8 Å². The topological polar surface area (TPSA) is 39.6 Å². The van der Waals surface area contributed by atoms with Crippen molar-refractivity contribution in [2.45, 2.75) is 0 Å². The minimum absolute atomic E-state index is 0.701. The van der Waals surface area contributed by atoms with Crippen LogP contribution in [0, 0.1) is 11.3 Å². The molecule has 0 saturated heterocycles. The number of hydrogen-bond donors (Lipinski definition) is 1. The van der Waals surface area contributed by atoms with E-state index in [0.29, 0.717) is 5.56 Å². The van der Waals surface area contributed by atoms with Crippen LogP contribution in [0.2, 0.25) is 0 Å². The summed E-state index contributed by atoms with van der Waals surface area (Å²) in [4.78, 5) is 3.32. The molecule has 0 spiro atoms. The number of benzene rings is 2. The van der Waals surface area contributed by atoms with Gasteiger partial charge >= 0.3 is 0 Å². The first-order valence-electron chi connectivity index (χ1n) is 4.79. The Morgan fingerprint density at radius 2 is 1.73 bits per heavy atom.